The van der Waals surface area contributed by atoms with Crippen LogP contribution >= 0.6 is 0 Å². The van der Waals surface area contributed by atoms with Crippen molar-refractivity contribution in [3.05, 3.63) is 72.8 Å². The minimum Gasteiger partial charge on any atom is -0.454 e. The first-order valence-electron chi connectivity index (χ1n) is 7.42. The monoisotopic (exact) mass is 297 g/mol. The van der Waals surface area contributed by atoms with Crippen LogP contribution in [0.4, 0.5) is 0 Å². The minimum atomic E-state index is 0.340. The van der Waals surface area contributed by atoms with Crippen LogP contribution in [-0.2, 0) is 13.0 Å². The van der Waals surface area contributed by atoms with Gasteiger partial charge in [-0.05, 0) is 36.7 Å². The number of nitrogens with zero attached hydrogens (tertiary/aromatic N) is 1. The van der Waals surface area contributed by atoms with Gasteiger partial charge >= 0.3 is 0 Å². The van der Waals surface area contributed by atoms with E-state index < -0.39 is 0 Å². The Morgan fingerprint density at radius 1 is 0.955 bits per heavy atom. The fourth-order valence-corrected chi connectivity index (χ4v) is 2.39. The fraction of sp³-hybridized carbons (Fsp3) is 0.263. The number of hydrogen-bond acceptors (Lipinski definition) is 3. The van der Waals surface area contributed by atoms with E-state index in [1.54, 1.807) is 0 Å². The number of likely N-dealkylation sites (N-methyl/N-ethyl adjacent to an activating group) is 1. The van der Waals surface area contributed by atoms with E-state index in [1.807, 2.05) is 6.07 Å². The highest BCUT2D eigenvalue weighted by molar-refractivity contribution is 5.44. The first kappa shape index (κ1) is 16.1. The normalized spacial score (nSPS) is 11.9. The Balaban J connectivity index is 0.000000847. The van der Waals surface area contributed by atoms with Crippen LogP contribution in [0, 0.1) is 0 Å². The summed E-state index contributed by atoms with van der Waals surface area (Å²) >= 11 is 0. The Kier molecular flexibility index (Phi) is 6.04. The van der Waals surface area contributed by atoms with Gasteiger partial charge in [0, 0.05) is 13.1 Å². The third kappa shape index (κ3) is 4.37. The second-order valence-corrected chi connectivity index (χ2v) is 5.16. The lowest BCUT2D eigenvalue weighted by atomic mass is 10.1. The van der Waals surface area contributed by atoms with Crippen molar-refractivity contribution in [3.8, 4) is 11.5 Å². The van der Waals surface area contributed by atoms with Gasteiger partial charge in [-0.1, -0.05) is 36.4 Å². The van der Waals surface area contributed by atoms with Crippen LogP contribution in [0.1, 0.15) is 11.1 Å². The lowest BCUT2D eigenvalue weighted by Gasteiger charge is -2.16. The molecule has 1 aliphatic heterocycles. The molecule has 0 unspecified atom stereocenters. The van der Waals surface area contributed by atoms with Crippen LogP contribution in [0.25, 0.3) is 0 Å². The molecule has 1 heterocycles. The second kappa shape index (κ2) is 8.25. The van der Waals surface area contributed by atoms with Crippen molar-refractivity contribution in [1.82, 2.24) is 4.90 Å². The van der Waals surface area contributed by atoms with E-state index in [0.29, 0.717) is 6.79 Å². The standard InChI is InChI=1S/C17H19NO2.C2H4/c1-18(12-15-5-3-2-4-6-15)10-9-14-7-8-16-17(11-14)20-13-19-16;1-2/h2-8,11H,9-10,12-13H2,1H3;1-2H2. The van der Waals surface area contributed by atoms with E-state index in [-0.39, 0.29) is 0 Å². The molecular formula is C19H23NO2. The molecule has 116 valence electrons. The molecule has 1 aliphatic rings. The molecule has 0 atom stereocenters. The van der Waals surface area contributed by atoms with Crippen LogP contribution < -0.4 is 9.47 Å². The number of benzene rings is 2. The molecule has 3 heteroatoms. The summed E-state index contributed by atoms with van der Waals surface area (Å²) in [5, 5.41) is 0. The smallest absolute Gasteiger partial charge is 0.231 e. The number of ether oxygens (including phenoxy) is 2. The maximum atomic E-state index is 5.41. The zero-order chi connectivity index (χ0) is 15.8. The van der Waals surface area contributed by atoms with E-state index in [4.69, 9.17) is 9.47 Å². The summed E-state index contributed by atoms with van der Waals surface area (Å²) < 4.78 is 10.7. The highest BCUT2D eigenvalue weighted by Crippen LogP contribution is 2.32. The van der Waals surface area contributed by atoms with Gasteiger partial charge < -0.3 is 14.4 Å². The molecule has 3 rings (SSSR count). The Bertz CT molecular complexity index is 583. The molecule has 0 aromatic heterocycles. The largest absolute Gasteiger partial charge is 0.454 e. The fourth-order valence-electron chi connectivity index (χ4n) is 2.39. The molecule has 0 saturated heterocycles. The Morgan fingerprint density at radius 3 is 2.45 bits per heavy atom. The van der Waals surface area contributed by atoms with Crippen LogP contribution in [0.15, 0.2) is 61.7 Å². The predicted octanol–water partition coefficient (Wildman–Crippen LogP) is 3.89. The van der Waals surface area contributed by atoms with Crippen molar-refractivity contribution in [3.63, 3.8) is 0 Å². The summed E-state index contributed by atoms with van der Waals surface area (Å²) in [5.74, 6) is 1.72. The average molecular weight is 297 g/mol. The zero-order valence-electron chi connectivity index (χ0n) is 13.1. The van der Waals surface area contributed by atoms with Crippen LogP contribution in [0.5, 0.6) is 11.5 Å². The summed E-state index contributed by atoms with van der Waals surface area (Å²) in [5.41, 5.74) is 2.63. The van der Waals surface area contributed by atoms with Crippen molar-refractivity contribution in [1.29, 1.82) is 0 Å². The maximum absolute atomic E-state index is 5.41. The first-order chi connectivity index (χ1) is 10.8. The van der Waals surface area contributed by atoms with Crippen molar-refractivity contribution >= 4 is 0 Å². The van der Waals surface area contributed by atoms with Gasteiger partial charge in [-0.2, -0.15) is 0 Å². The topological polar surface area (TPSA) is 21.7 Å². The van der Waals surface area contributed by atoms with Crippen molar-refractivity contribution in [2.24, 2.45) is 0 Å². The quantitative estimate of drug-likeness (QED) is 0.781. The van der Waals surface area contributed by atoms with Gasteiger partial charge in [-0.15, -0.1) is 13.2 Å². The molecule has 0 aliphatic carbocycles. The highest BCUT2D eigenvalue weighted by Gasteiger charge is 2.13. The molecular weight excluding hydrogens is 274 g/mol. The average Bonchev–Trinajstić information content (AvgIpc) is 3.03. The molecule has 0 fully saturated rings. The zero-order valence-corrected chi connectivity index (χ0v) is 13.1. The highest BCUT2D eigenvalue weighted by atomic mass is 16.7. The van der Waals surface area contributed by atoms with E-state index in [1.165, 1.54) is 11.1 Å². The van der Waals surface area contributed by atoms with Gasteiger partial charge in [0.2, 0.25) is 6.79 Å². The van der Waals surface area contributed by atoms with Gasteiger partial charge in [0.05, 0.1) is 0 Å². The molecule has 0 bridgehead atoms. The summed E-state index contributed by atoms with van der Waals surface area (Å²) in [6.45, 7) is 8.34. The van der Waals surface area contributed by atoms with Crippen molar-refractivity contribution < 1.29 is 9.47 Å². The van der Waals surface area contributed by atoms with Gasteiger partial charge in [0.1, 0.15) is 0 Å². The number of fused-ring (bicyclic) bond motifs is 1. The maximum Gasteiger partial charge on any atom is 0.231 e. The Hall–Kier alpha value is -2.26. The van der Waals surface area contributed by atoms with E-state index in [9.17, 15) is 0 Å². The van der Waals surface area contributed by atoms with Crippen molar-refractivity contribution in [2.45, 2.75) is 13.0 Å². The second-order valence-electron chi connectivity index (χ2n) is 5.16. The number of rotatable bonds is 5. The van der Waals surface area contributed by atoms with Crippen LogP contribution in [0.2, 0.25) is 0 Å². The van der Waals surface area contributed by atoms with E-state index in [0.717, 1.165) is 31.0 Å². The Morgan fingerprint density at radius 2 is 1.68 bits per heavy atom. The molecule has 0 spiro atoms. The number of hydrogen-bond donors (Lipinski definition) is 0. The van der Waals surface area contributed by atoms with E-state index >= 15 is 0 Å². The van der Waals surface area contributed by atoms with Gasteiger partial charge in [0.25, 0.3) is 0 Å². The van der Waals surface area contributed by atoms with Gasteiger partial charge in [-0.25, -0.2) is 0 Å². The first-order valence-corrected chi connectivity index (χ1v) is 7.42. The van der Waals surface area contributed by atoms with Crippen LogP contribution in [0.3, 0.4) is 0 Å². The lowest BCUT2D eigenvalue weighted by molar-refractivity contribution is 0.174. The van der Waals surface area contributed by atoms with Gasteiger partial charge in [0.15, 0.2) is 11.5 Å². The molecule has 2 aromatic carbocycles. The molecule has 2 aromatic rings. The molecule has 0 N–H and O–H groups in total. The predicted molar refractivity (Wildman–Crippen MR) is 90.3 cm³/mol. The third-order valence-corrected chi connectivity index (χ3v) is 3.51. The summed E-state index contributed by atoms with van der Waals surface area (Å²) in [6.07, 6.45) is 1.01. The van der Waals surface area contributed by atoms with Crippen LogP contribution in [-0.4, -0.2) is 25.3 Å². The van der Waals surface area contributed by atoms with Crippen molar-refractivity contribution in [2.75, 3.05) is 20.4 Å². The molecule has 22 heavy (non-hydrogen) atoms. The summed E-state index contributed by atoms with van der Waals surface area (Å²) in [6, 6.07) is 16.7. The molecule has 0 radical (unpaired) electrons. The Labute approximate surface area is 132 Å². The molecule has 3 nitrogen and oxygen atoms in total. The van der Waals surface area contributed by atoms with Gasteiger partial charge in [-0.3, -0.25) is 0 Å². The SMILES string of the molecule is C=C.CN(CCc1ccc2c(c1)OCO2)Cc1ccccc1. The third-order valence-electron chi connectivity index (χ3n) is 3.51. The minimum absolute atomic E-state index is 0.340. The molecule has 0 saturated carbocycles. The summed E-state index contributed by atoms with van der Waals surface area (Å²) in [7, 11) is 2.15. The lowest BCUT2D eigenvalue weighted by Crippen LogP contribution is -2.20. The summed E-state index contributed by atoms with van der Waals surface area (Å²) in [4.78, 5) is 2.33. The van der Waals surface area contributed by atoms with E-state index in [2.05, 4.69) is 67.6 Å². The molecule has 0 amide bonds.